The molecule has 0 spiro atoms. The first-order chi connectivity index (χ1) is 15.1. The first-order valence-electron chi connectivity index (χ1n) is 9.40. The topological polar surface area (TPSA) is 127 Å². The molecule has 5 rings (SSSR count). The van der Waals surface area contributed by atoms with Crippen molar-refractivity contribution in [1.82, 2.24) is 24.6 Å². The number of nitrogen functional groups attached to an aromatic ring is 1. The van der Waals surface area contributed by atoms with Gasteiger partial charge in [0.15, 0.2) is 5.65 Å². The summed E-state index contributed by atoms with van der Waals surface area (Å²) in [4.78, 5) is 8.60. The highest BCUT2D eigenvalue weighted by Gasteiger charge is 2.11. The first-order valence-corrected chi connectivity index (χ1v) is 9.40. The Labute approximate surface area is 176 Å². The summed E-state index contributed by atoms with van der Waals surface area (Å²) in [5.41, 5.74) is 10.7. The minimum Gasteiger partial charge on any atom is -0.439 e. The van der Waals surface area contributed by atoms with Gasteiger partial charge in [-0.05, 0) is 48.9 Å². The van der Waals surface area contributed by atoms with Crippen molar-refractivity contribution in [3.05, 3.63) is 72.4 Å². The van der Waals surface area contributed by atoms with Crippen LogP contribution in [-0.2, 0) is 0 Å². The number of aryl methyl sites for hydroxylation is 1. The number of rotatable bonds is 4. The molecule has 0 saturated heterocycles. The highest BCUT2D eigenvalue weighted by Crippen LogP contribution is 2.32. The molecule has 31 heavy (non-hydrogen) atoms. The summed E-state index contributed by atoms with van der Waals surface area (Å²) in [6.07, 6.45) is 4.72. The van der Waals surface area contributed by atoms with Crippen LogP contribution in [0.15, 0.2) is 61.3 Å². The fourth-order valence-corrected chi connectivity index (χ4v) is 3.29. The summed E-state index contributed by atoms with van der Waals surface area (Å²) < 4.78 is 7.62. The molecule has 0 amide bonds. The van der Waals surface area contributed by atoms with Crippen LogP contribution >= 0.6 is 0 Å². The standard InChI is InChI=1S/C22H16N8O/c1-13-6-16(3-5-19(13)31-21-8-20-29-27-12-30(20)11-26-21)28-22-14(9-23)10-25-18-4-2-15(24)7-17(18)22/h2-8,10-12H,24H2,1H3,(H,25,28). The number of anilines is 3. The minimum atomic E-state index is 0.423. The monoisotopic (exact) mass is 408 g/mol. The molecule has 3 aromatic heterocycles. The van der Waals surface area contributed by atoms with Crippen LogP contribution in [0, 0.1) is 18.3 Å². The van der Waals surface area contributed by atoms with Crippen LogP contribution in [-0.4, -0.2) is 24.6 Å². The third kappa shape index (κ3) is 3.42. The van der Waals surface area contributed by atoms with Crippen molar-refractivity contribution in [1.29, 1.82) is 5.26 Å². The Balaban J connectivity index is 1.47. The molecule has 0 bridgehead atoms. The summed E-state index contributed by atoms with van der Waals surface area (Å²) in [6.45, 7) is 1.93. The van der Waals surface area contributed by atoms with E-state index >= 15 is 0 Å². The van der Waals surface area contributed by atoms with Crippen molar-refractivity contribution in [2.24, 2.45) is 0 Å². The first kappa shape index (κ1) is 18.3. The number of benzene rings is 2. The lowest BCUT2D eigenvalue weighted by Crippen LogP contribution is -1.99. The van der Waals surface area contributed by atoms with E-state index < -0.39 is 0 Å². The summed E-state index contributed by atoms with van der Waals surface area (Å²) in [6, 6.07) is 15.0. The minimum absolute atomic E-state index is 0.423. The number of nitrogens with one attached hydrogen (secondary N) is 1. The van der Waals surface area contributed by atoms with Crippen molar-refractivity contribution >= 4 is 33.6 Å². The van der Waals surface area contributed by atoms with Crippen LogP contribution < -0.4 is 15.8 Å². The van der Waals surface area contributed by atoms with Gasteiger partial charge in [-0.2, -0.15) is 5.26 Å². The summed E-state index contributed by atoms with van der Waals surface area (Å²) in [7, 11) is 0. The van der Waals surface area contributed by atoms with E-state index in [1.54, 1.807) is 35.4 Å². The Morgan fingerprint density at radius 3 is 2.84 bits per heavy atom. The Morgan fingerprint density at radius 1 is 1.10 bits per heavy atom. The number of nitrogens with zero attached hydrogens (tertiary/aromatic N) is 6. The zero-order valence-electron chi connectivity index (χ0n) is 16.4. The SMILES string of the molecule is Cc1cc(Nc2c(C#N)cnc3ccc(N)cc23)ccc1Oc1cc2nncn2cn1. The van der Waals surface area contributed by atoms with E-state index in [4.69, 9.17) is 10.5 Å². The lowest BCUT2D eigenvalue weighted by atomic mass is 10.1. The van der Waals surface area contributed by atoms with Crippen molar-refractivity contribution in [3.8, 4) is 17.7 Å². The number of aromatic nitrogens is 5. The normalized spacial score (nSPS) is 10.8. The molecule has 5 aromatic rings. The Kier molecular flexibility index (Phi) is 4.30. The van der Waals surface area contributed by atoms with Gasteiger partial charge in [0.2, 0.25) is 5.88 Å². The zero-order chi connectivity index (χ0) is 21.4. The number of hydrogen-bond donors (Lipinski definition) is 2. The van der Waals surface area contributed by atoms with E-state index in [0.29, 0.717) is 34.2 Å². The maximum atomic E-state index is 9.55. The second-order valence-corrected chi connectivity index (χ2v) is 6.97. The van der Waals surface area contributed by atoms with E-state index in [9.17, 15) is 5.26 Å². The van der Waals surface area contributed by atoms with Gasteiger partial charge in [0.25, 0.3) is 0 Å². The summed E-state index contributed by atoms with van der Waals surface area (Å²) >= 11 is 0. The number of pyridine rings is 1. The molecule has 2 aromatic carbocycles. The average Bonchev–Trinajstić information content (AvgIpc) is 3.24. The molecule has 0 aliphatic rings. The van der Waals surface area contributed by atoms with Gasteiger partial charge in [-0.1, -0.05) is 0 Å². The molecule has 0 saturated carbocycles. The molecule has 0 aliphatic carbocycles. The van der Waals surface area contributed by atoms with Crippen molar-refractivity contribution in [3.63, 3.8) is 0 Å². The molecule has 9 nitrogen and oxygen atoms in total. The van der Waals surface area contributed by atoms with Crippen molar-refractivity contribution in [2.45, 2.75) is 6.92 Å². The summed E-state index contributed by atoms with van der Waals surface area (Å²) in [5.74, 6) is 1.08. The van der Waals surface area contributed by atoms with Crippen molar-refractivity contribution in [2.75, 3.05) is 11.1 Å². The fraction of sp³-hybridized carbons (Fsp3) is 0.0455. The molecule has 150 valence electrons. The van der Waals surface area contributed by atoms with E-state index in [-0.39, 0.29) is 0 Å². The molecular formula is C22H16N8O. The molecule has 0 unspecified atom stereocenters. The summed E-state index contributed by atoms with van der Waals surface area (Å²) in [5, 5.41) is 21.5. The second-order valence-electron chi connectivity index (χ2n) is 6.97. The van der Waals surface area contributed by atoms with Gasteiger partial charge >= 0.3 is 0 Å². The molecular weight excluding hydrogens is 392 g/mol. The third-order valence-corrected chi connectivity index (χ3v) is 4.83. The maximum absolute atomic E-state index is 9.55. The van der Waals surface area contributed by atoms with Crippen LogP contribution in [0.1, 0.15) is 11.1 Å². The smallest absolute Gasteiger partial charge is 0.224 e. The van der Waals surface area contributed by atoms with Gasteiger partial charge in [-0.3, -0.25) is 9.38 Å². The molecule has 9 heteroatoms. The van der Waals surface area contributed by atoms with Crippen LogP contribution in [0.25, 0.3) is 16.6 Å². The highest BCUT2D eigenvalue weighted by atomic mass is 16.5. The predicted octanol–water partition coefficient (Wildman–Crippen LogP) is 3.97. The number of fused-ring (bicyclic) bond motifs is 2. The van der Waals surface area contributed by atoms with Gasteiger partial charge in [0, 0.05) is 29.0 Å². The number of nitriles is 1. The van der Waals surface area contributed by atoms with Crippen LogP contribution in [0.5, 0.6) is 11.6 Å². The third-order valence-electron chi connectivity index (χ3n) is 4.83. The Hall–Kier alpha value is -4.71. The zero-order valence-corrected chi connectivity index (χ0v) is 16.4. The lowest BCUT2D eigenvalue weighted by Gasteiger charge is -2.14. The van der Waals surface area contributed by atoms with Gasteiger partial charge in [0.05, 0.1) is 16.8 Å². The lowest BCUT2D eigenvalue weighted by molar-refractivity contribution is 0.458. The van der Waals surface area contributed by atoms with Gasteiger partial charge < -0.3 is 15.8 Å². The van der Waals surface area contributed by atoms with Crippen molar-refractivity contribution < 1.29 is 4.74 Å². The molecule has 0 fully saturated rings. The average molecular weight is 408 g/mol. The second kappa shape index (κ2) is 7.27. The number of nitrogens with two attached hydrogens (primary N) is 1. The van der Waals surface area contributed by atoms with Crippen LogP contribution in [0.3, 0.4) is 0 Å². The molecule has 0 aliphatic heterocycles. The van der Waals surface area contributed by atoms with E-state index in [1.165, 1.54) is 0 Å². The van der Waals surface area contributed by atoms with Gasteiger partial charge in [-0.25, -0.2) is 4.98 Å². The number of ether oxygens (including phenoxy) is 1. The van der Waals surface area contributed by atoms with Gasteiger partial charge in [-0.15, -0.1) is 10.2 Å². The highest BCUT2D eigenvalue weighted by molar-refractivity contribution is 5.97. The maximum Gasteiger partial charge on any atom is 0.224 e. The van der Waals surface area contributed by atoms with E-state index in [1.807, 2.05) is 37.3 Å². The molecule has 3 heterocycles. The fourth-order valence-electron chi connectivity index (χ4n) is 3.29. The Bertz CT molecular complexity index is 1480. The van der Waals surface area contributed by atoms with Crippen LogP contribution in [0.2, 0.25) is 0 Å². The quantitative estimate of drug-likeness (QED) is 0.428. The van der Waals surface area contributed by atoms with E-state index in [0.717, 1.165) is 22.2 Å². The predicted molar refractivity (Wildman–Crippen MR) is 116 cm³/mol. The molecule has 0 atom stereocenters. The van der Waals surface area contributed by atoms with E-state index in [2.05, 4.69) is 31.6 Å². The largest absolute Gasteiger partial charge is 0.439 e. The van der Waals surface area contributed by atoms with Gasteiger partial charge in [0.1, 0.15) is 24.5 Å². The number of hydrogen-bond acceptors (Lipinski definition) is 8. The molecule has 3 N–H and O–H groups in total. The molecule has 0 radical (unpaired) electrons. The Morgan fingerprint density at radius 2 is 2.00 bits per heavy atom. The van der Waals surface area contributed by atoms with Crippen LogP contribution in [0.4, 0.5) is 17.1 Å².